The molecule has 0 unspecified atom stereocenters. The molecule has 10 aromatic rings. The van der Waals surface area contributed by atoms with E-state index in [4.69, 9.17) is 9.97 Å². The molecule has 0 N–H and O–H groups in total. The molecule has 5 heteroatoms. The number of allylic oxidation sites excluding steroid dienone is 4. The SMILES string of the molecule is C1=CCCC(c2cc(-c3ccccc3)nc(-n3c4ccccc4c4cc(-n5c6ccccc6c6c7sc8ccccc8c7ccc65)ccc43)n2)=C1. The van der Waals surface area contributed by atoms with E-state index in [9.17, 15) is 0 Å². The second kappa shape index (κ2) is 11.1. The summed E-state index contributed by atoms with van der Waals surface area (Å²) in [5, 5.41) is 7.59. The zero-order valence-electron chi connectivity index (χ0n) is 27.6. The number of fused-ring (bicyclic) bond motifs is 10. The molecule has 0 bridgehead atoms. The summed E-state index contributed by atoms with van der Waals surface area (Å²) in [6.45, 7) is 0. The standard InChI is InChI=1S/C46H30N4S/c1-3-13-29(14-4-1)37-28-38(30-15-5-2-6-16-30)48-46(47-37)50-39-20-10-7-17-32(39)36-27-31(23-25-41(36)50)49-40-21-11-8-19-35(40)44-42(49)26-24-34-33-18-9-12-22-43(33)51-45(34)44/h1-5,7-15,17-28H,6,16H2. The normalized spacial score (nSPS) is 13.4. The molecule has 6 aromatic carbocycles. The Bertz CT molecular complexity index is 3080. The summed E-state index contributed by atoms with van der Waals surface area (Å²) in [6, 6.07) is 50.3. The van der Waals surface area contributed by atoms with Gasteiger partial charge in [-0.05, 0) is 66.9 Å². The average Bonchev–Trinajstić information content (AvgIpc) is 3.86. The zero-order valence-corrected chi connectivity index (χ0v) is 28.4. The summed E-state index contributed by atoms with van der Waals surface area (Å²) in [7, 11) is 0. The van der Waals surface area contributed by atoms with Crippen LogP contribution in [0.3, 0.4) is 0 Å². The monoisotopic (exact) mass is 670 g/mol. The van der Waals surface area contributed by atoms with Gasteiger partial charge in [-0.3, -0.25) is 4.57 Å². The number of nitrogens with zero attached hydrogens (tertiary/aromatic N) is 4. The molecule has 0 spiro atoms. The molecule has 0 atom stereocenters. The van der Waals surface area contributed by atoms with E-state index in [1.54, 1.807) is 0 Å². The van der Waals surface area contributed by atoms with Crippen LogP contribution >= 0.6 is 11.3 Å². The first-order chi connectivity index (χ1) is 25.3. The van der Waals surface area contributed by atoms with Crippen LogP contribution in [0, 0.1) is 0 Å². The first-order valence-electron chi connectivity index (χ1n) is 17.5. The molecule has 51 heavy (non-hydrogen) atoms. The van der Waals surface area contributed by atoms with Crippen molar-refractivity contribution in [3.8, 4) is 22.9 Å². The fraction of sp³-hybridized carbons (Fsp3) is 0.0435. The average molecular weight is 671 g/mol. The van der Waals surface area contributed by atoms with Gasteiger partial charge in [0, 0.05) is 53.0 Å². The Morgan fingerprint density at radius 1 is 0.529 bits per heavy atom. The quantitative estimate of drug-likeness (QED) is 0.187. The highest BCUT2D eigenvalue weighted by Crippen LogP contribution is 2.44. The van der Waals surface area contributed by atoms with E-state index in [2.05, 4.69) is 161 Å². The summed E-state index contributed by atoms with van der Waals surface area (Å²) >= 11 is 1.89. The Morgan fingerprint density at radius 2 is 1.24 bits per heavy atom. The van der Waals surface area contributed by atoms with Gasteiger partial charge in [0.1, 0.15) is 0 Å². The van der Waals surface area contributed by atoms with Gasteiger partial charge in [-0.2, -0.15) is 0 Å². The van der Waals surface area contributed by atoms with Crippen molar-refractivity contribution >= 4 is 80.7 Å². The molecule has 240 valence electrons. The van der Waals surface area contributed by atoms with Gasteiger partial charge in [0.2, 0.25) is 5.95 Å². The summed E-state index contributed by atoms with van der Waals surface area (Å²) in [5.74, 6) is 0.685. The molecule has 0 fully saturated rings. The van der Waals surface area contributed by atoms with Crippen molar-refractivity contribution in [3.05, 3.63) is 163 Å². The van der Waals surface area contributed by atoms with E-state index in [0.717, 1.165) is 46.5 Å². The number of benzene rings is 6. The third-order valence-electron chi connectivity index (χ3n) is 10.4. The lowest BCUT2D eigenvalue weighted by Crippen LogP contribution is -2.06. The number of aromatic nitrogens is 4. The molecule has 0 saturated heterocycles. The predicted octanol–water partition coefficient (Wildman–Crippen LogP) is 12.4. The predicted molar refractivity (Wildman–Crippen MR) is 215 cm³/mol. The Kier molecular flexibility index (Phi) is 6.21. The minimum atomic E-state index is 0.685. The van der Waals surface area contributed by atoms with Crippen molar-refractivity contribution in [2.24, 2.45) is 0 Å². The molecule has 0 aliphatic heterocycles. The number of hydrogen-bond donors (Lipinski definition) is 0. The van der Waals surface area contributed by atoms with Crippen molar-refractivity contribution in [1.29, 1.82) is 0 Å². The highest BCUT2D eigenvalue weighted by molar-refractivity contribution is 7.26. The van der Waals surface area contributed by atoms with E-state index in [1.807, 2.05) is 17.4 Å². The number of hydrogen-bond acceptors (Lipinski definition) is 3. The zero-order chi connectivity index (χ0) is 33.5. The maximum Gasteiger partial charge on any atom is 0.235 e. The molecule has 4 aromatic heterocycles. The number of thiophene rings is 1. The molecule has 0 amide bonds. The molecular formula is C46H30N4S. The Hall–Kier alpha value is -6.30. The van der Waals surface area contributed by atoms with Crippen LogP contribution in [-0.2, 0) is 0 Å². The first-order valence-corrected chi connectivity index (χ1v) is 18.3. The van der Waals surface area contributed by atoms with Crippen molar-refractivity contribution in [3.63, 3.8) is 0 Å². The van der Waals surface area contributed by atoms with Gasteiger partial charge in [-0.15, -0.1) is 11.3 Å². The Morgan fingerprint density at radius 3 is 2.08 bits per heavy atom. The van der Waals surface area contributed by atoms with Crippen LogP contribution < -0.4 is 0 Å². The fourth-order valence-corrected chi connectivity index (χ4v) is 9.36. The highest BCUT2D eigenvalue weighted by Gasteiger charge is 2.21. The molecule has 1 aliphatic carbocycles. The highest BCUT2D eigenvalue weighted by atomic mass is 32.1. The third kappa shape index (κ3) is 4.32. The maximum atomic E-state index is 5.27. The van der Waals surface area contributed by atoms with E-state index in [-0.39, 0.29) is 0 Å². The minimum Gasteiger partial charge on any atom is -0.309 e. The Labute approximate surface area is 297 Å². The molecule has 4 heterocycles. The van der Waals surface area contributed by atoms with Gasteiger partial charge in [0.15, 0.2) is 0 Å². The van der Waals surface area contributed by atoms with Crippen LogP contribution in [0.15, 0.2) is 158 Å². The van der Waals surface area contributed by atoms with E-state index in [0.29, 0.717) is 5.95 Å². The first kappa shape index (κ1) is 28.5. The van der Waals surface area contributed by atoms with E-state index in [1.165, 1.54) is 58.3 Å². The molecular weight excluding hydrogens is 641 g/mol. The van der Waals surface area contributed by atoms with Crippen LogP contribution in [0.25, 0.3) is 92.3 Å². The lowest BCUT2D eigenvalue weighted by atomic mass is 10.0. The molecule has 4 nitrogen and oxygen atoms in total. The second-order valence-corrected chi connectivity index (χ2v) is 14.4. The van der Waals surface area contributed by atoms with Gasteiger partial charge in [-0.1, -0.05) is 109 Å². The smallest absolute Gasteiger partial charge is 0.235 e. The summed E-state index contributed by atoms with van der Waals surface area (Å²) in [6.07, 6.45) is 8.54. The Balaban J connectivity index is 1.17. The van der Waals surface area contributed by atoms with Gasteiger partial charge in [-0.25, -0.2) is 9.97 Å². The van der Waals surface area contributed by atoms with Gasteiger partial charge in [0.25, 0.3) is 0 Å². The van der Waals surface area contributed by atoms with E-state index >= 15 is 0 Å². The van der Waals surface area contributed by atoms with Crippen LogP contribution in [0.4, 0.5) is 0 Å². The summed E-state index contributed by atoms with van der Waals surface area (Å²) < 4.78 is 7.35. The molecule has 1 aliphatic rings. The fourth-order valence-electron chi connectivity index (χ4n) is 8.10. The van der Waals surface area contributed by atoms with Gasteiger partial charge < -0.3 is 4.57 Å². The van der Waals surface area contributed by atoms with Gasteiger partial charge >= 0.3 is 0 Å². The van der Waals surface area contributed by atoms with Crippen LogP contribution in [0.1, 0.15) is 18.5 Å². The van der Waals surface area contributed by atoms with Crippen LogP contribution in [-0.4, -0.2) is 19.1 Å². The van der Waals surface area contributed by atoms with Gasteiger partial charge in [0.05, 0.1) is 33.5 Å². The largest absolute Gasteiger partial charge is 0.309 e. The van der Waals surface area contributed by atoms with Crippen molar-refractivity contribution in [2.45, 2.75) is 12.8 Å². The lowest BCUT2D eigenvalue weighted by molar-refractivity contribution is 0.965. The van der Waals surface area contributed by atoms with Crippen molar-refractivity contribution in [2.75, 3.05) is 0 Å². The molecule has 0 saturated carbocycles. The lowest BCUT2D eigenvalue weighted by Gasteiger charge is -2.14. The van der Waals surface area contributed by atoms with Crippen LogP contribution in [0.2, 0.25) is 0 Å². The van der Waals surface area contributed by atoms with Crippen LogP contribution in [0.5, 0.6) is 0 Å². The third-order valence-corrected chi connectivity index (χ3v) is 11.6. The number of rotatable bonds is 4. The molecule has 0 radical (unpaired) electrons. The maximum absolute atomic E-state index is 5.27. The summed E-state index contributed by atoms with van der Waals surface area (Å²) in [4.78, 5) is 10.5. The van der Waals surface area contributed by atoms with Crippen molar-refractivity contribution in [1.82, 2.24) is 19.1 Å². The summed E-state index contributed by atoms with van der Waals surface area (Å²) in [5.41, 5.74) is 9.95. The topological polar surface area (TPSA) is 35.6 Å². The second-order valence-electron chi connectivity index (χ2n) is 13.3. The minimum absolute atomic E-state index is 0.685. The number of para-hydroxylation sites is 2. The van der Waals surface area contributed by atoms with E-state index < -0.39 is 0 Å². The molecule has 11 rings (SSSR count). The van der Waals surface area contributed by atoms with Crippen molar-refractivity contribution < 1.29 is 0 Å².